The second-order valence-corrected chi connectivity index (χ2v) is 7.49. The first kappa shape index (κ1) is 18.2. The van der Waals surface area contributed by atoms with E-state index < -0.39 is 0 Å². The number of nitrogen functional groups attached to an aromatic ring is 1. The minimum atomic E-state index is -0.287. The lowest BCUT2D eigenvalue weighted by molar-refractivity contribution is 0.628. The molecule has 0 unspecified atom stereocenters. The molecule has 0 bridgehead atoms. The molecule has 0 saturated heterocycles. The monoisotopic (exact) mass is 421 g/mol. The number of halogens is 1. The number of nitrogens with two attached hydrogens (primary N) is 1. The predicted molar refractivity (Wildman–Crippen MR) is 122 cm³/mol. The van der Waals surface area contributed by atoms with Gasteiger partial charge in [0.25, 0.3) is 0 Å². The zero-order valence-corrected chi connectivity index (χ0v) is 16.7. The highest BCUT2D eigenvalue weighted by Crippen LogP contribution is 2.32. The number of aromatic nitrogens is 6. The van der Waals surface area contributed by atoms with Gasteiger partial charge < -0.3 is 10.7 Å². The Hall–Kier alpha value is -4.59. The molecule has 0 atom stereocenters. The number of rotatable bonds is 3. The van der Waals surface area contributed by atoms with Crippen LogP contribution in [0.3, 0.4) is 0 Å². The fourth-order valence-corrected chi connectivity index (χ4v) is 3.89. The Kier molecular flexibility index (Phi) is 3.97. The summed E-state index contributed by atoms with van der Waals surface area (Å²) >= 11 is 0. The summed E-state index contributed by atoms with van der Waals surface area (Å²) in [4.78, 5) is 16.8. The molecular formula is C24H16FN7. The molecule has 0 aliphatic heterocycles. The van der Waals surface area contributed by atoms with Gasteiger partial charge in [-0.2, -0.15) is 5.10 Å². The van der Waals surface area contributed by atoms with E-state index >= 15 is 0 Å². The maximum absolute atomic E-state index is 13.8. The zero-order valence-electron chi connectivity index (χ0n) is 16.7. The molecule has 4 aromatic heterocycles. The highest BCUT2D eigenvalue weighted by atomic mass is 19.1. The molecule has 6 aromatic rings. The highest BCUT2D eigenvalue weighted by Gasteiger charge is 2.16. The number of nitrogens with zero attached hydrogens (tertiary/aromatic N) is 4. The van der Waals surface area contributed by atoms with Crippen LogP contribution in [-0.4, -0.2) is 30.1 Å². The van der Waals surface area contributed by atoms with Crippen molar-refractivity contribution in [1.29, 1.82) is 0 Å². The molecule has 7 nitrogen and oxygen atoms in total. The predicted octanol–water partition coefficient (Wildman–Crippen LogP) is 4.95. The summed E-state index contributed by atoms with van der Waals surface area (Å²) in [5.41, 5.74) is 12.6. The zero-order chi connectivity index (χ0) is 21.7. The van der Waals surface area contributed by atoms with Crippen LogP contribution in [0.2, 0.25) is 0 Å². The number of H-pyrrole nitrogens is 2. The summed E-state index contributed by atoms with van der Waals surface area (Å²) in [5, 5.41) is 8.35. The van der Waals surface area contributed by atoms with Gasteiger partial charge >= 0.3 is 0 Å². The molecule has 4 N–H and O–H groups in total. The van der Waals surface area contributed by atoms with Gasteiger partial charge in [-0.25, -0.2) is 9.37 Å². The number of pyridine rings is 2. The van der Waals surface area contributed by atoms with Crippen LogP contribution in [0.4, 0.5) is 10.1 Å². The highest BCUT2D eigenvalue weighted by molar-refractivity contribution is 5.97. The lowest BCUT2D eigenvalue weighted by Gasteiger charge is -2.02. The summed E-state index contributed by atoms with van der Waals surface area (Å²) in [7, 11) is 0. The number of aromatic amines is 2. The number of para-hydroxylation sites is 1. The number of hydrogen-bond donors (Lipinski definition) is 3. The standard InChI is InChI=1S/C24H16FN7/c25-15-4-1-3-13(7-15)17-5-2-6-19-22(17)30-24(29-19)23-18-9-20(28-12-21(18)31-32-23)14-8-16(26)11-27-10-14/h1-12H,26H2,(H,29,30)(H,31,32). The molecule has 0 amide bonds. The molecule has 0 aliphatic rings. The summed E-state index contributed by atoms with van der Waals surface area (Å²) in [6.45, 7) is 0. The average molecular weight is 421 g/mol. The van der Waals surface area contributed by atoms with Gasteiger partial charge in [0.2, 0.25) is 0 Å². The van der Waals surface area contributed by atoms with E-state index in [1.165, 1.54) is 12.1 Å². The molecule has 32 heavy (non-hydrogen) atoms. The number of anilines is 1. The Morgan fingerprint density at radius 1 is 0.875 bits per heavy atom. The van der Waals surface area contributed by atoms with E-state index in [0.717, 1.165) is 44.3 Å². The summed E-state index contributed by atoms with van der Waals surface area (Å²) in [6, 6.07) is 16.0. The molecule has 2 aromatic carbocycles. The number of hydrogen-bond acceptors (Lipinski definition) is 5. The van der Waals surface area contributed by atoms with Crippen molar-refractivity contribution in [3.63, 3.8) is 0 Å². The van der Waals surface area contributed by atoms with Crippen LogP contribution < -0.4 is 5.73 Å². The van der Waals surface area contributed by atoms with E-state index in [9.17, 15) is 4.39 Å². The second kappa shape index (κ2) is 6.98. The van der Waals surface area contributed by atoms with Gasteiger partial charge in [-0.3, -0.25) is 15.1 Å². The lowest BCUT2D eigenvalue weighted by atomic mass is 10.0. The van der Waals surface area contributed by atoms with Crippen LogP contribution in [0.5, 0.6) is 0 Å². The first-order chi connectivity index (χ1) is 15.7. The van der Waals surface area contributed by atoms with Crippen molar-refractivity contribution in [1.82, 2.24) is 30.1 Å². The van der Waals surface area contributed by atoms with Crippen LogP contribution in [0.15, 0.2) is 73.2 Å². The first-order valence-electron chi connectivity index (χ1n) is 9.96. The van der Waals surface area contributed by atoms with E-state index in [0.29, 0.717) is 17.2 Å². The largest absolute Gasteiger partial charge is 0.397 e. The Bertz CT molecular complexity index is 1620. The summed E-state index contributed by atoms with van der Waals surface area (Å²) in [5.74, 6) is 0.322. The van der Waals surface area contributed by atoms with Gasteiger partial charge in [0.05, 0.1) is 34.1 Å². The number of imidazole rings is 1. The second-order valence-electron chi connectivity index (χ2n) is 7.49. The van der Waals surface area contributed by atoms with Crippen LogP contribution in [-0.2, 0) is 0 Å². The SMILES string of the molecule is Nc1cncc(-c2cc3c(-c4nc5c(-c6cccc(F)c6)cccc5[nH]4)n[nH]c3cn2)c1. The van der Waals surface area contributed by atoms with Gasteiger partial charge in [0.15, 0.2) is 5.82 Å². The summed E-state index contributed by atoms with van der Waals surface area (Å²) < 4.78 is 13.8. The average Bonchev–Trinajstić information content (AvgIpc) is 3.42. The van der Waals surface area contributed by atoms with Crippen LogP contribution >= 0.6 is 0 Å². The van der Waals surface area contributed by atoms with E-state index in [2.05, 4.69) is 25.1 Å². The smallest absolute Gasteiger partial charge is 0.159 e. The van der Waals surface area contributed by atoms with Gasteiger partial charge in [0, 0.05) is 28.9 Å². The molecule has 0 aliphatic carbocycles. The Balaban J connectivity index is 1.51. The molecule has 154 valence electrons. The number of fused-ring (bicyclic) bond motifs is 2. The van der Waals surface area contributed by atoms with Crippen molar-refractivity contribution in [2.24, 2.45) is 0 Å². The Morgan fingerprint density at radius 2 is 1.78 bits per heavy atom. The number of benzene rings is 2. The van der Waals surface area contributed by atoms with Gasteiger partial charge in [-0.15, -0.1) is 0 Å². The Morgan fingerprint density at radius 3 is 2.66 bits per heavy atom. The maximum Gasteiger partial charge on any atom is 0.159 e. The molecule has 8 heteroatoms. The van der Waals surface area contributed by atoms with Gasteiger partial charge in [-0.05, 0) is 35.9 Å². The van der Waals surface area contributed by atoms with Gasteiger partial charge in [-0.1, -0.05) is 24.3 Å². The van der Waals surface area contributed by atoms with Crippen molar-refractivity contribution >= 4 is 27.6 Å². The summed E-state index contributed by atoms with van der Waals surface area (Å²) in [6.07, 6.45) is 5.04. The van der Waals surface area contributed by atoms with E-state index in [1.54, 1.807) is 24.7 Å². The maximum atomic E-state index is 13.8. The van der Waals surface area contributed by atoms with Crippen molar-refractivity contribution in [3.8, 4) is 33.9 Å². The van der Waals surface area contributed by atoms with Crippen molar-refractivity contribution in [2.45, 2.75) is 0 Å². The minimum Gasteiger partial charge on any atom is -0.397 e. The quantitative estimate of drug-likeness (QED) is 0.374. The van der Waals surface area contributed by atoms with Crippen molar-refractivity contribution < 1.29 is 4.39 Å². The third-order valence-electron chi connectivity index (χ3n) is 5.38. The topological polar surface area (TPSA) is 109 Å². The minimum absolute atomic E-state index is 0.287. The lowest BCUT2D eigenvalue weighted by Crippen LogP contribution is -1.90. The molecule has 0 saturated carbocycles. The molecular weight excluding hydrogens is 405 g/mol. The molecule has 4 heterocycles. The van der Waals surface area contributed by atoms with Gasteiger partial charge in [0.1, 0.15) is 11.5 Å². The van der Waals surface area contributed by atoms with E-state index in [4.69, 9.17) is 10.7 Å². The third-order valence-corrected chi connectivity index (χ3v) is 5.38. The normalized spacial score (nSPS) is 11.4. The molecule has 0 radical (unpaired) electrons. The Labute approximate surface area is 181 Å². The molecule has 0 fully saturated rings. The molecule has 0 spiro atoms. The van der Waals surface area contributed by atoms with E-state index in [-0.39, 0.29) is 5.82 Å². The first-order valence-corrected chi connectivity index (χ1v) is 9.96. The van der Waals surface area contributed by atoms with Crippen LogP contribution in [0.1, 0.15) is 0 Å². The molecule has 6 rings (SSSR count). The third kappa shape index (κ3) is 2.97. The van der Waals surface area contributed by atoms with Crippen molar-refractivity contribution in [3.05, 3.63) is 79.0 Å². The van der Waals surface area contributed by atoms with E-state index in [1.807, 2.05) is 36.4 Å². The number of nitrogens with one attached hydrogen (secondary N) is 2. The fraction of sp³-hybridized carbons (Fsp3) is 0. The van der Waals surface area contributed by atoms with Crippen molar-refractivity contribution in [2.75, 3.05) is 5.73 Å². The van der Waals surface area contributed by atoms with Crippen LogP contribution in [0.25, 0.3) is 55.8 Å². The van der Waals surface area contributed by atoms with Crippen LogP contribution in [0, 0.1) is 5.82 Å². The fourth-order valence-electron chi connectivity index (χ4n) is 3.89.